The van der Waals surface area contributed by atoms with Crippen molar-refractivity contribution in [2.24, 2.45) is 0 Å². The van der Waals surface area contributed by atoms with E-state index in [-0.39, 0.29) is 10.9 Å². The van der Waals surface area contributed by atoms with Crippen LogP contribution < -0.4 is 14.8 Å². The number of furan rings is 1. The number of fused-ring (bicyclic) bond motifs is 1. The highest BCUT2D eigenvalue weighted by Crippen LogP contribution is 2.28. The lowest BCUT2D eigenvalue weighted by molar-refractivity contribution is 0.0991. The summed E-state index contributed by atoms with van der Waals surface area (Å²) in [5.41, 5.74) is 1.62. The first-order valence-corrected chi connectivity index (χ1v) is 8.08. The molecular formula is C14H14N2O5S. The quantitative estimate of drug-likeness (QED) is 0.886. The Morgan fingerprint density at radius 3 is 2.82 bits per heavy atom. The van der Waals surface area contributed by atoms with Crippen molar-refractivity contribution in [1.82, 2.24) is 4.72 Å². The van der Waals surface area contributed by atoms with Gasteiger partial charge in [0.1, 0.15) is 5.75 Å². The van der Waals surface area contributed by atoms with Gasteiger partial charge in [-0.15, -0.1) is 0 Å². The number of rotatable bonds is 4. The highest BCUT2D eigenvalue weighted by atomic mass is 32.2. The van der Waals surface area contributed by atoms with E-state index >= 15 is 0 Å². The zero-order valence-electron chi connectivity index (χ0n) is 11.8. The topological polar surface area (TPSA) is 97.6 Å². The summed E-state index contributed by atoms with van der Waals surface area (Å²) in [5.74, 6) is 0.223. The number of nitrogens with one attached hydrogen (secondary N) is 2. The standard InChI is InChI=1S/C14H14N2O5S/c1-15-22(18,19)13-5-4-12(21-13)14(17)16-10-2-3-11-9(8-10)6-7-20-11/h2-5,8,15H,6-7H2,1H3,(H,16,17). The Labute approximate surface area is 127 Å². The van der Waals surface area contributed by atoms with E-state index < -0.39 is 15.9 Å². The second-order valence-electron chi connectivity index (χ2n) is 4.70. The molecule has 8 heteroatoms. The van der Waals surface area contributed by atoms with Crippen LogP contribution in [0, 0.1) is 0 Å². The molecule has 1 aliphatic rings. The van der Waals surface area contributed by atoms with Crippen LogP contribution in [0.25, 0.3) is 0 Å². The van der Waals surface area contributed by atoms with Gasteiger partial charge in [-0.05, 0) is 42.9 Å². The van der Waals surface area contributed by atoms with Gasteiger partial charge >= 0.3 is 0 Å². The van der Waals surface area contributed by atoms with Crippen LogP contribution in [-0.4, -0.2) is 28.0 Å². The molecule has 22 heavy (non-hydrogen) atoms. The first-order valence-electron chi connectivity index (χ1n) is 6.60. The van der Waals surface area contributed by atoms with E-state index in [0.717, 1.165) is 17.7 Å². The fraction of sp³-hybridized carbons (Fsp3) is 0.214. The fourth-order valence-corrected chi connectivity index (χ4v) is 2.79. The van der Waals surface area contributed by atoms with Crippen LogP contribution in [0.2, 0.25) is 0 Å². The van der Waals surface area contributed by atoms with Crippen molar-refractivity contribution in [2.75, 3.05) is 19.0 Å². The van der Waals surface area contributed by atoms with Gasteiger partial charge < -0.3 is 14.5 Å². The summed E-state index contributed by atoms with van der Waals surface area (Å²) in [5, 5.41) is 2.36. The van der Waals surface area contributed by atoms with Gasteiger partial charge in [0.05, 0.1) is 6.61 Å². The third-order valence-corrected chi connectivity index (χ3v) is 4.57. The summed E-state index contributed by atoms with van der Waals surface area (Å²) in [6, 6.07) is 7.88. The van der Waals surface area contributed by atoms with Crippen LogP contribution in [0.1, 0.15) is 16.1 Å². The molecule has 3 rings (SSSR count). The van der Waals surface area contributed by atoms with E-state index in [1.165, 1.54) is 19.2 Å². The lowest BCUT2D eigenvalue weighted by Gasteiger charge is -2.05. The molecule has 0 bridgehead atoms. The summed E-state index contributed by atoms with van der Waals surface area (Å²) in [4.78, 5) is 12.1. The summed E-state index contributed by atoms with van der Waals surface area (Å²) < 4.78 is 35.7. The molecule has 0 atom stereocenters. The number of carbonyl (C=O) groups is 1. The highest BCUT2D eigenvalue weighted by Gasteiger charge is 2.20. The number of hydrogen-bond donors (Lipinski definition) is 2. The van der Waals surface area contributed by atoms with Crippen molar-refractivity contribution in [2.45, 2.75) is 11.5 Å². The first kappa shape index (κ1) is 14.6. The van der Waals surface area contributed by atoms with Gasteiger partial charge in [0, 0.05) is 12.1 Å². The molecule has 0 fully saturated rings. The van der Waals surface area contributed by atoms with Gasteiger partial charge in [0.15, 0.2) is 5.76 Å². The zero-order valence-corrected chi connectivity index (χ0v) is 12.6. The molecule has 0 spiro atoms. The third kappa shape index (κ3) is 2.70. The van der Waals surface area contributed by atoms with Gasteiger partial charge in [-0.3, -0.25) is 4.79 Å². The van der Waals surface area contributed by atoms with Gasteiger partial charge in [-0.1, -0.05) is 0 Å². The zero-order chi connectivity index (χ0) is 15.7. The maximum Gasteiger partial charge on any atom is 0.291 e. The van der Waals surface area contributed by atoms with Gasteiger partial charge in [-0.2, -0.15) is 0 Å². The average Bonchev–Trinajstić information content (AvgIpc) is 3.16. The Morgan fingerprint density at radius 2 is 2.05 bits per heavy atom. The van der Waals surface area contributed by atoms with Gasteiger partial charge in [0.25, 0.3) is 15.9 Å². The SMILES string of the molecule is CNS(=O)(=O)c1ccc(C(=O)Nc2ccc3c(c2)CCO3)o1. The van der Waals surface area contributed by atoms with Crippen molar-refractivity contribution in [1.29, 1.82) is 0 Å². The molecule has 2 N–H and O–H groups in total. The molecule has 7 nitrogen and oxygen atoms in total. The first-order chi connectivity index (χ1) is 10.5. The van der Waals surface area contributed by atoms with E-state index in [2.05, 4.69) is 10.0 Å². The second-order valence-corrected chi connectivity index (χ2v) is 6.52. The number of amides is 1. The Hall–Kier alpha value is -2.32. The predicted molar refractivity (Wildman–Crippen MR) is 78.5 cm³/mol. The minimum absolute atomic E-state index is 0.0782. The number of ether oxygens (including phenoxy) is 1. The molecule has 0 aliphatic carbocycles. The molecule has 2 aromatic rings. The van der Waals surface area contributed by atoms with Crippen LogP contribution in [0.4, 0.5) is 5.69 Å². The molecule has 1 amide bonds. The lowest BCUT2D eigenvalue weighted by Crippen LogP contribution is -2.18. The van der Waals surface area contributed by atoms with Crippen LogP contribution in [-0.2, 0) is 16.4 Å². The van der Waals surface area contributed by atoms with Crippen molar-refractivity contribution in [3.05, 3.63) is 41.7 Å². The maximum absolute atomic E-state index is 12.1. The molecule has 0 unspecified atom stereocenters. The Kier molecular flexibility index (Phi) is 3.63. The smallest absolute Gasteiger partial charge is 0.291 e. The number of benzene rings is 1. The van der Waals surface area contributed by atoms with Crippen molar-refractivity contribution in [3.8, 4) is 5.75 Å². The maximum atomic E-state index is 12.1. The van der Waals surface area contributed by atoms with Gasteiger partial charge in [0.2, 0.25) is 5.09 Å². The predicted octanol–water partition coefficient (Wildman–Crippen LogP) is 1.37. The Balaban J connectivity index is 1.78. The summed E-state index contributed by atoms with van der Waals surface area (Å²) in [6.45, 7) is 0.635. The van der Waals surface area contributed by atoms with Crippen molar-refractivity contribution < 1.29 is 22.4 Å². The normalized spacial score (nSPS) is 13.5. The highest BCUT2D eigenvalue weighted by molar-refractivity contribution is 7.89. The van der Waals surface area contributed by atoms with Crippen LogP contribution >= 0.6 is 0 Å². The number of carbonyl (C=O) groups excluding carboxylic acids is 1. The van der Waals surface area contributed by atoms with E-state index in [4.69, 9.17) is 9.15 Å². The Bertz CT molecular complexity index is 826. The summed E-state index contributed by atoms with van der Waals surface area (Å²) >= 11 is 0. The lowest BCUT2D eigenvalue weighted by atomic mass is 10.1. The van der Waals surface area contributed by atoms with E-state index in [1.54, 1.807) is 12.1 Å². The van der Waals surface area contributed by atoms with E-state index in [0.29, 0.717) is 12.3 Å². The third-order valence-electron chi connectivity index (χ3n) is 3.29. The molecule has 2 heterocycles. The largest absolute Gasteiger partial charge is 0.493 e. The number of anilines is 1. The second kappa shape index (κ2) is 5.47. The van der Waals surface area contributed by atoms with E-state index in [9.17, 15) is 13.2 Å². The van der Waals surface area contributed by atoms with Gasteiger partial charge in [-0.25, -0.2) is 13.1 Å². The summed E-state index contributed by atoms with van der Waals surface area (Å²) in [7, 11) is -2.44. The van der Waals surface area contributed by atoms with Crippen molar-refractivity contribution in [3.63, 3.8) is 0 Å². The van der Waals surface area contributed by atoms with E-state index in [1.807, 2.05) is 6.07 Å². The molecule has 116 valence electrons. The van der Waals surface area contributed by atoms with Crippen LogP contribution in [0.3, 0.4) is 0 Å². The fourth-order valence-electron chi connectivity index (χ4n) is 2.14. The molecule has 0 saturated carbocycles. The molecule has 0 saturated heterocycles. The molecular weight excluding hydrogens is 308 g/mol. The molecule has 1 aromatic carbocycles. The van der Waals surface area contributed by atoms with Crippen molar-refractivity contribution >= 4 is 21.6 Å². The molecule has 0 radical (unpaired) electrons. The average molecular weight is 322 g/mol. The molecule has 1 aliphatic heterocycles. The Morgan fingerprint density at radius 1 is 1.23 bits per heavy atom. The minimum Gasteiger partial charge on any atom is -0.493 e. The summed E-state index contributed by atoms with van der Waals surface area (Å²) in [6.07, 6.45) is 0.796. The van der Waals surface area contributed by atoms with Crippen LogP contribution in [0.5, 0.6) is 5.75 Å². The molecule has 1 aromatic heterocycles. The number of hydrogen-bond acceptors (Lipinski definition) is 5. The van der Waals surface area contributed by atoms with Crippen LogP contribution in [0.15, 0.2) is 39.8 Å². The monoisotopic (exact) mass is 322 g/mol. The number of sulfonamides is 1. The minimum atomic E-state index is -3.70.